The van der Waals surface area contributed by atoms with E-state index in [1.807, 2.05) is 18.2 Å². The first-order chi connectivity index (χ1) is 6.31. The Bertz CT molecular complexity index is 420. The summed E-state index contributed by atoms with van der Waals surface area (Å²) in [5.74, 6) is 0.317. The summed E-state index contributed by atoms with van der Waals surface area (Å²) in [7, 11) is 0. The SMILES string of the molecule is NCCc1cc2c(O)cccc2[nH]1. The molecule has 0 amide bonds. The molecule has 0 aliphatic heterocycles. The van der Waals surface area contributed by atoms with Gasteiger partial charge in [0, 0.05) is 16.6 Å². The molecule has 0 aliphatic rings. The highest BCUT2D eigenvalue weighted by Gasteiger charge is 2.02. The first kappa shape index (κ1) is 8.13. The van der Waals surface area contributed by atoms with Gasteiger partial charge in [0.1, 0.15) is 5.75 Å². The fourth-order valence-electron chi connectivity index (χ4n) is 1.49. The maximum Gasteiger partial charge on any atom is 0.124 e. The Morgan fingerprint density at radius 3 is 2.92 bits per heavy atom. The van der Waals surface area contributed by atoms with Crippen LogP contribution in [-0.4, -0.2) is 16.6 Å². The van der Waals surface area contributed by atoms with E-state index in [9.17, 15) is 5.11 Å². The van der Waals surface area contributed by atoms with Gasteiger partial charge in [-0.25, -0.2) is 0 Å². The second-order valence-corrected chi connectivity index (χ2v) is 3.07. The van der Waals surface area contributed by atoms with Crippen LogP contribution >= 0.6 is 0 Å². The summed E-state index contributed by atoms with van der Waals surface area (Å²) in [6.45, 7) is 0.619. The van der Waals surface area contributed by atoms with Crippen molar-refractivity contribution in [3.63, 3.8) is 0 Å². The topological polar surface area (TPSA) is 62.0 Å². The normalized spacial score (nSPS) is 10.8. The molecule has 0 fully saturated rings. The van der Waals surface area contributed by atoms with Crippen molar-refractivity contribution in [1.29, 1.82) is 0 Å². The third-order valence-electron chi connectivity index (χ3n) is 2.11. The van der Waals surface area contributed by atoms with Crippen LogP contribution in [0, 0.1) is 0 Å². The number of phenolic OH excluding ortho intramolecular Hbond substituents is 1. The van der Waals surface area contributed by atoms with Gasteiger partial charge < -0.3 is 15.8 Å². The van der Waals surface area contributed by atoms with Crippen LogP contribution in [0.2, 0.25) is 0 Å². The van der Waals surface area contributed by atoms with E-state index in [1.54, 1.807) is 6.07 Å². The second kappa shape index (κ2) is 3.11. The molecule has 0 bridgehead atoms. The van der Waals surface area contributed by atoms with Crippen molar-refractivity contribution in [2.24, 2.45) is 5.73 Å². The van der Waals surface area contributed by atoms with Crippen LogP contribution in [0.25, 0.3) is 10.9 Å². The lowest BCUT2D eigenvalue weighted by molar-refractivity contribution is 0.481. The summed E-state index contributed by atoms with van der Waals surface area (Å²) in [6, 6.07) is 7.38. The standard InChI is InChI=1S/C10H12N2O/c11-5-4-7-6-8-9(12-7)2-1-3-10(8)13/h1-3,6,12-13H,4-5,11H2. The summed E-state index contributed by atoms with van der Waals surface area (Å²) >= 11 is 0. The van der Waals surface area contributed by atoms with Gasteiger partial charge in [-0.05, 0) is 31.2 Å². The number of phenols is 1. The zero-order valence-electron chi connectivity index (χ0n) is 7.25. The number of rotatable bonds is 2. The number of hydrogen-bond acceptors (Lipinski definition) is 2. The molecule has 2 rings (SSSR count). The van der Waals surface area contributed by atoms with Gasteiger partial charge in [-0.2, -0.15) is 0 Å². The number of H-pyrrole nitrogens is 1. The van der Waals surface area contributed by atoms with E-state index in [-0.39, 0.29) is 0 Å². The minimum atomic E-state index is 0.317. The van der Waals surface area contributed by atoms with Crippen molar-refractivity contribution in [3.8, 4) is 5.75 Å². The van der Waals surface area contributed by atoms with Gasteiger partial charge in [0.05, 0.1) is 0 Å². The van der Waals surface area contributed by atoms with E-state index in [2.05, 4.69) is 4.98 Å². The minimum Gasteiger partial charge on any atom is -0.507 e. The Hall–Kier alpha value is -1.48. The molecule has 1 heterocycles. The molecule has 68 valence electrons. The molecular formula is C10H12N2O. The molecule has 3 nitrogen and oxygen atoms in total. The summed E-state index contributed by atoms with van der Waals surface area (Å²) in [5.41, 5.74) is 7.47. The summed E-state index contributed by atoms with van der Waals surface area (Å²) in [6.07, 6.45) is 0.814. The highest BCUT2D eigenvalue weighted by molar-refractivity contribution is 5.86. The van der Waals surface area contributed by atoms with Crippen LogP contribution in [0.3, 0.4) is 0 Å². The number of fused-ring (bicyclic) bond motifs is 1. The van der Waals surface area contributed by atoms with Gasteiger partial charge >= 0.3 is 0 Å². The third-order valence-corrected chi connectivity index (χ3v) is 2.11. The summed E-state index contributed by atoms with van der Waals surface area (Å²) in [5, 5.41) is 10.4. The first-order valence-electron chi connectivity index (χ1n) is 4.31. The van der Waals surface area contributed by atoms with Gasteiger partial charge in [0.25, 0.3) is 0 Å². The largest absolute Gasteiger partial charge is 0.507 e. The van der Waals surface area contributed by atoms with Gasteiger partial charge in [0.2, 0.25) is 0 Å². The van der Waals surface area contributed by atoms with Crippen molar-refractivity contribution < 1.29 is 5.11 Å². The summed E-state index contributed by atoms with van der Waals surface area (Å²) < 4.78 is 0. The minimum absolute atomic E-state index is 0.317. The molecule has 2 aromatic rings. The van der Waals surface area contributed by atoms with Crippen LogP contribution in [0.4, 0.5) is 0 Å². The number of aromatic nitrogens is 1. The first-order valence-corrected chi connectivity index (χ1v) is 4.31. The predicted molar refractivity (Wildman–Crippen MR) is 52.7 cm³/mol. The third kappa shape index (κ3) is 1.38. The van der Waals surface area contributed by atoms with Gasteiger partial charge in [0.15, 0.2) is 0 Å². The maximum atomic E-state index is 9.50. The van der Waals surface area contributed by atoms with Crippen LogP contribution < -0.4 is 5.73 Å². The lowest BCUT2D eigenvalue weighted by atomic mass is 10.2. The van der Waals surface area contributed by atoms with Crippen molar-refractivity contribution >= 4 is 10.9 Å². The average molecular weight is 176 g/mol. The van der Waals surface area contributed by atoms with Crippen molar-refractivity contribution in [3.05, 3.63) is 30.0 Å². The van der Waals surface area contributed by atoms with Crippen molar-refractivity contribution in [2.45, 2.75) is 6.42 Å². The fourth-order valence-corrected chi connectivity index (χ4v) is 1.49. The van der Waals surface area contributed by atoms with Crippen LogP contribution in [-0.2, 0) is 6.42 Å². The maximum absolute atomic E-state index is 9.50. The molecule has 0 atom stereocenters. The lowest BCUT2D eigenvalue weighted by Gasteiger charge is -1.91. The van der Waals surface area contributed by atoms with Gasteiger partial charge in [-0.3, -0.25) is 0 Å². The van der Waals surface area contributed by atoms with Crippen LogP contribution in [0.5, 0.6) is 5.75 Å². The molecular weight excluding hydrogens is 164 g/mol. The number of benzene rings is 1. The zero-order valence-corrected chi connectivity index (χ0v) is 7.25. The van der Waals surface area contributed by atoms with E-state index in [0.717, 1.165) is 23.0 Å². The molecule has 1 aromatic carbocycles. The van der Waals surface area contributed by atoms with E-state index in [1.165, 1.54) is 0 Å². The fraction of sp³-hybridized carbons (Fsp3) is 0.200. The van der Waals surface area contributed by atoms with Crippen molar-refractivity contribution in [2.75, 3.05) is 6.54 Å². The molecule has 1 aromatic heterocycles. The van der Waals surface area contributed by atoms with E-state index >= 15 is 0 Å². The Labute approximate surface area is 76.2 Å². The second-order valence-electron chi connectivity index (χ2n) is 3.07. The number of aromatic hydroxyl groups is 1. The van der Waals surface area contributed by atoms with Gasteiger partial charge in [-0.1, -0.05) is 6.07 Å². The molecule has 0 unspecified atom stereocenters. The predicted octanol–water partition coefficient (Wildman–Crippen LogP) is 1.37. The quantitative estimate of drug-likeness (QED) is 0.647. The monoisotopic (exact) mass is 176 g/mol. The molecule has 4 N–H and O–H groups in total. The van der Waals surface area contributed by atoms with Crippen LogP contribution in [0.1, 0.15) is 5.69 Å². The molecule has 0 saturated heterocycles. The number of nitrogens with two attached hydrogens (primary N) is 1. The average Bonchev–Trinajstić information content (AvgIpc) is 2.49. The Morgan fingerprint density at radius 1 is 1.38 bits per heavy atom. The number of aromatic amines is 1. The zero-order chi connectivity index (χ0) is 9.26. The van der Waals surface area contributed by atoms with E-state index in [0.29, 0.717) is 12.3 Å². The van der Waals surface area contributed by atoms with Crippen molar-refractivity contribution in [1.82, 2.24) is 4.98 Å². The smallest absolute Gasteiger partial charge is 0.124 e. The molecule has 13 heavy (non-hydrogen) atoms. The molecule has 3 heteroatoms. The Morgan fingerprint density at radius 2 is 2.23 bits per heavy atom. The molecule has 0 saturated carbocycles. The summed E-state index contributed by atoms with van der Waals surface area (Å²) in [4.78, 5) is 3.20. The highest BCUT2D eigenvalue weighted by Crippen LogP contribution is 2.24. The van der Waals surface area contributed by atoms with E-state index < -0.39 is 0 Å². The highest BCUT2D eigenvalue weighted by atomic mass is 16.3. The van der Waals surface area contributed by atoms with Crippen LogP contribution in [0.15, 0.2) is 24.3 Å². The Balaban J connectivity index is 2.55. The number of nitrogens with one attached hydrogen (secondary N) is 1. The van der Waals surface area contributed by atoms with E-state index in [4.69, 9.17) is 5.73 Å². The lowest BCUT2D eigenvalue weighted by Crippen LogP contribution is -2.02. The molecule has 0 aliphatic carbocycles. The van der Waals surface area contributed by atoms with Gasteiger partial charge in [-0.15, -0.1) is 0 Å². The molecule has 0 radical (unpaired) electrons. The number of hydrogen-bond donors (Lipinski definition) is 3. The molecule has 0 spiro atoms. The Kier molecular flexibility index (Phi) is 1.94.